The lowest BCUT2D eigenvalue weighted by molar-refractivity contribution is 0.00729. The molecule has 0 unspecified atom stereocenters. The van der Waals surface area contributed by atoms with E-state index in [1.165, 1.54) is 0 Å². The van der Waals surface area contributed by atoms with Crippen LogP contribution in [-0.4, -0.2) is 36.4 Å². The third-order valence-electron chi connectivity index (χ3n) is 3.37. The van der Waals surface area contributed by atoms with E-state index in [4.69, 9.17) is 4.74 Å². The van der Waals surface area contributed by atoms with Crippen LogP contribution >= 0.6 is 0 Å². The summed E-state index contributed by atoms with van der Waals surface area (Å²) in [5, 5.41) is 9.23. The third-order valence-corrected chi connectivity index (χ3v) is 3.37. The molecule has 2 aliphatic rings. The fourth-order valence-electron chi connectivity index (χ4n) is 2.31. The standard InChI is InChI=1S/C13H15NO3/c15-13(16)11-3-1-2-4-12(11)14(9-5-6-9)10-7-17-8-10/h1-4,9-10H,5-8H2,(H,15,16). The highest BCUT2D eigenvalue weighted by molar-refractivity contribution is 5.94. The zero-order valence-electron chi connectivity index (χ0n) is 9.50. The summed E-state index contributed by atoms with van der Waals surface area (Å²) in [6, 6.07) is 8.10. The van der Waals surface area contributed by atoms with Gasteiger partial charge in [0.1, 0.15) is 0 Å². The van der Waals surface area contributed by atoms with Gasteiger partial charge in [0.25, 0.3) is 0 Å². The molecule has 0 aromatic heterocycles. The van der Waals surface area contributed by atoms with Crippen LogP contribution in [0.15, 0.2) is 24.3 Å². The lowest BCUT2D eigenvalue weighted by Crippen LogP contribution is -2.50. The number of nitrogens with zero attached hydrogens (tertiary/aromatic N) is 1. The maximum atomic E-state index is 11.2. The van der Waals surface area contributed by atoms with Crippen molar-refractivity contribution in [2.75, 3.05) is 18.1 Å². The van der Waals surface area contributed by atoms with Crippen LogP contribution in [0.1, 0.15) is 23.2 Å². The largest absolute Gasteiger partial charge is 0.478 e. The Kier molecular flexibility index (Phi) is 2.52. The number of hydrogen-bond acceptors (Lipinski definition) is 3. The summed E-state index contributed by atoms with van der Waals surface area (Å²) < 4.78 is 5.23. The van der Waals surface area contributed by atoms with Gasteiger partial charge in [-0.25, -0.2) is 4.79 Å². The van der Waals surface area contributed by atoms with Gasteiger partial charge in [0, 0.05) is 6.04 Å². The molecule has 90 valence electrons. The molecule has 0 spiro atoms. The molecule has 1 N–H and O–H groups in total. The minimum absolute atomic E-state index is 0.350. The van der Waals surface area contributed by atoms with E-state index >= 15 is 0 Å². The number of hydrogen-bond donors (Lipinski definition) is 1. The summed E-state index contributed by atoms with van der Waals surface area (Å²) in [6.07, 6.45) is 2.31. The van der Waals surface area contributed by atoms with Crippen LogP contribution in [0, 0.1) is 0 Å². The molecular weight excluding hydrogens is 218 g/mol. The Bertz CT molecular complexity index is 438. The van der Waals surface area contributed by atoms with Crippen LogP contribution in [-0.2, 0) is 4.74 Å². The minimum Gasteiger partial charge on any atom is -0.478 e. The molecule has 1 aliphatic heterocycles. The molecule has 1 aromatic carbocycles. The predicted octanol–water partition coefficient (Wildman–Crippen LogP) is 1.75. The van der Waals surface area contributed by atoms with Gasteiger partial charge in [-0.2, -0.15) is 0 Å². The summed E-state index contributed by atoms with van der Waals surface area (Å²) in [7, 11) is 0. The van der Waals surface area contributed by atoms with Crippen molar-refractivity contribution < 1.29 is 14.6 Å². The molecule has 4 heteroatoms. The molecule has 3 rings (SSSR count). The molecular formula is C13H15NO3. The highest BCUT2D eigenvalue weighted by Gasteiger charge is 2.38. The molecule has 0 atom stereocenters. The fourth-order valence-corrected chi connectivity index (χ4v) is 2.31. The van der Waals surface area contributed by atoms with E-state index in [1.807, 2.05) is 12.1 Å². The van der Waals surface area contributed by atoms with Gasteiger partial charge in [0.15, 0.2) is 0 Å². The van der Waals surface area contributed by atoms with Crippen molar-refractivity contribution in [3.8, 4) is 0 Å². The summed E-state index contributed by atoms with van der Waals surface area (Å²) in [5.74, 6) is -0.855. The Morgan fingerprint density at radius 2 is 1.94 bits per heavy atom. The van der Waals surface area contributed by atoms with Crippen molar-refractivity contribution in [3.63, 3.8) is 0 Å². The van der Waals surface area contributed by atoms with Crippen LogP contribution in [0.3, 0.4) is 0 Å². The molecule has 1 saturated heterocycles. The second kappa shape index (κ2) is 4.04. The monoisotopic (exact) mass is 233 g/mol. The maximum Gasteiger partial charge on any atom is 0.337 e. The van der Waals surface area contributed by atoms with E-state index in [2.05, 4.69) is 4.90 Å². The molecule has 1 saturated carbocycles. The van der Waals surface area contributed by atoms with Crippen molar-refractivity contribution in [2.24, 2.45) is 0 Å². The lowest BCUT2D eigenvalue weighted by Gasteiger charge is -2.39. The Morgan fingerprint density at radius 1 is 1.24 bits per heavy atom. The molecule has 1 aliphatic carbocycles. The lowest BCUT2D eigenvalue weighted by atomic mass is 10.1. The summed E-state index contributed by atoms with van der Waals surface area (Å²) in [4.78, 5) is 13.5. The number of anilines is 1. The number of para-hydroxylation sites is 1. The van der Waals surface area contributed by atoms with Crippen LogP contribution in [0.4, 0.5) is 5.69 Å². The van der Waals surface area contributed by atoms with Gasteiger partial charge in [0.2, 0.25) is 0 Å². The zero-order chi connectivity index (χ0) is 11.8. The Morgan fingerprint density at radius 3 is 2.47 bits per heavy atom. The van der Waals surface area contributed by atoms with Gasteiger partial charge in [-0.1, -0.05) is 12.1 Å². The van der Waals surface area contributed by atoms with Crippen LogP contribution in [0.2, 0.25) is 0 Å². The molecule has 1 heterocycles. The Hall–Kier alpha value is -1.55. The molecule has 0 bridgehead atoms. The van der Waals surface area contributed by atoms with E-state index in [1.54, 1.807) is 12.1 Å². The van der Waals surface area contributed by atoms with E-state index in [9.17, 15) is 9.90 Å². The van der Waals surface area contributed by atoms with Crippen LogP contribution in [0.5, 0.6) is 0 Å². The summed E-state index contributed by atoms with van der Waals surface area (Å²) >= 11 is 0. The first kappa shape index (κ1) is 10.6. The van der Waals surface area contributed by atoms with Gasteiger partial charge < -0.3 is 14.7 Å². The van der Waals surface area contributed by atoms with Crippen LogP contribution < -0.4 is 4.90 Å². The normalized spacial score (nSPS) is 19.8. The molecule has 2 fully saturated rings. The quantitative estimate of drug-likeness (QED) is 0.860. The number of aromatic carboxylic acids is 1. The number of ether oxygens (including phenoxy) is 1. The predicted molar refractivity (Wildman–Crippen MR) is 63.5 cm³/mol. The SMILES string of the molecule is O=C(O)c1ccccc1N(C1CC1)C1COC1. The molecule has 17 heavy (non-hydrogen) atoms. The van der Waals surface area contributed by atoms with E-state index in [-0.39, 0.29) is 0 Å². The Balaban J connectivity index is 1.96. The number of benzene rings is 1. The van der Waals surface area contributed by atoms with E-state index in [0.717, 1.165) is 18.5 Å². The van der Waals surface area contributed by atoms with Crippen molar-refractivity contribution in [2.45, 2.75) is 24.9 Å². The average molecular weight is 233 g/mol. The molecule has 4 nitrogen and oxygen atoms in total. The second-order valence-electron chi connectivity index (χ2n) is 4.65. The second-order valence-corrected chi connectivity index (χ2v) is 4.65. The first-order chi connectivity index (χ1) is 8.27. The number of carbonyl (C=O) groups is 1. The Labute approximate surface area is 99.8 Å². The third kappa shape index (κ3) is 1.89. The molecule has 1 aromatic rings. The highest BCUT2D eigenvalue weighted by atomic mass is 16.5. The zero-order valence-corrected chi connectivity index (χ0v) is 9.50. The van der Waals surface area contributed by atoms with Gasteiger partial charge in [0.05, 0.1) is 30.5 Å². The van der Waals surface area contributed by atoms with Crippen molar-refractivity contribution in [3.05, 3.63) is 29.8 Å². The van der Waals surface area contributed by atoms with Crippen molar-refractivity contribution >= 4 is 11.7 Å². The summed E-state index contributed by atoms with van der Waals surface area (Å²) in [6.45, 7) is 1.43. The maximum absolute atomic E-state index is 11.2. The molecule has 0 amide bonds. The van der Waals surface area contributed by atoms with Gasteiger partial charge in [-0.15, -0.1) is 0 Å². The fraction of sp³-hybridized carbons (Fsp3) is 0.462. The number of rotatable bonds is 4. The van der Waals surface area contributed by atoms with Crippen molar-refractivity contribution in [1.29, 1.82) is 0 Å². The van der Waals surface area contributed by atoms with Crippen LogP contribution in [0.25, 0.3) is 0 Å². The van der Waals surface area contributed by atoms with Gasteiger partial charge >= 0.3 is 5.97 Å². The highest BCUT2D eigenvalue weighted by Crippen LogP contribution is 2.36. The average Bonchev–Trinajstić information content (AvgIpc) is 3.07. The number of carboxylic acid groups (broad SMARTS) is 1. The van der Waals surface area contributed by atoms with Crippen molar-refractivity contribution in [1.82, 2.24) is 0 Å². The smallest absolute Gasteiger partial charge is 0.337 e. The van der Waals surface area contributed by atoms with E-state index in [0.29, 0.717) is 30.9 Å². The summed E-state index contributed by atoms with van der Waals surface area (Å²) in [5.41, 5.74) is 1.24. The minimum atomic E-state index is -0.855. The van der Waals surface area contributed by atoms with E-state index < -0.39 is 5.97 Å². The first-order valence-electron chi connectivity index (χ1n) is 5.96. The molecule has 0 radical (unpaired) electrons. The topological polar surface area (TPSA) is 49.8 Å². The van der Waals surface area contributed by atoms with Gasteiger partial charge in [-0.3, -0.25) is 0 Å². The first-order valence-corrected chi connectivity index (χ1v) is 5.96. The van der Waals surface area contributed by atoms with Gasteiger partial charge in [-0.05, 0) is 25.0 Å². The number of carboxylic acids is 1.